The van der Waals surface area contributed by atoms with E-state index in [9.17, 15) is 0 Å². The molecule has 0 spiro atoms. The molecule has 0 aliphatic carbocycles. The third-order valence-corrected chi connectivity index (χ3v) is 4.19. The van der Waals surface area contributed by atoms with Gasteiger partial charge in [-0.05, 0) is 50.3 Å². The van der Waals surface area contributed by atoms with Crippen LogP contribution in [0.25, 0.3) is 0 Å². The van der Waals surface area contributed by atoms with Crippen molar-refractivity contribution < 1.29 is 0 Å². The number of nitrogens with one attached hydrogen (secondary N) is 1. The standard InChI is InChI=1S/C16H27N3/c1-13(2)14-6-5-10-19(11-9-14)16-8-4-7-15(18-16)12-17-3/h4,7-8,13-14,17H,5-6,9-12H2,1-3H3. The van der Waals surface area contributed by atoms with Crippen LogP contribution in [-0.2, 0) is 6.54 Å². The smallest absolute Gasteiger partial charge is 0.128 e. The molecule has 1 aliphatic rings. The normalized spacial score (nSPS) is 20.6. The molecular formula is C16H27N3. The molecular weight excluding hydrogens is 234 g/mol. The first-order valence-electron chi connectivity index (χ1n) is 7.56. The number of pyridine rings is 1. The Morgan fingerprint density at radius 3 is 2.89 bits per heavy atom. The molecule has 1 aromatic rings. The van der Waals surface area contributed by atoms with Gasteiger partial charge >= 0.3 is 0 Å². The van der Waals surface area contributed by atoms with Gasteiger partial charge in [0.25, 0.3) is 0 Å². The Morgan fingerprint density at radius 1 is 1.32 bits per heavy atom. The molecule has 106 valence electrons. The average molecular weight is 261 g/mol. The first-order chi connectivity index (χ1) is 9.20. The van der Waals surface area contributed by atoms with Crippen LogP contribution in [0.4, 0.5) is 5.82 Å². The first-order valence-corrected chi connectivity index (χ1v) is 7.56. The summed E-state index contributed by atoms with van der Waals surface area (Å²) in [5.41, 5.74) is 1.13. The van der Waals surface area contributed by atoms with Gasteiger partial charge in [-0.3, -0.25) is 0 Å². The van der Waals surface area contributed by atoms with E-state index >= 15 is 0 Å². The Morgan fingerprint density at radius 2 is 2.16 bits per heavy atom. The molecule has 1 atom stereocenters. The Hall–Kier alpha value is -1.09. The summed E-state index contributed by atoms with van der Waals surface area (Å²) in [6, 6.07) is 6.36. The van der Waals surface area contributed by atoms with Crippen molar-refractivity contribution in [2.24, 2.45) is 11.8 Å². The summed E-state index contributed by atoms with van der Waals surface area (Å²) < 4.78 is 0. The Balaban J connectivity index is 2.03. The van der Waals surface area contributed by atoms with E-state index in [4.69, 9.17) is 4.98 Å². The summed E-state index contributed by atoms with van der Waals surface area (Å²) in [4.78, 5) is 7.22. The number of anilines is 1. The molecule has 1 aromatic heterocycles. The zero-order valence-corrected chi connectivity index (χ0v) is 12.5. The van der Waals surface area contributed by atoms with Gasteiger partial charge in [0.15, 0.2) is 0 Å². The molecule has 1 fully saturated rings. The number of aromatic nitrogens is 1. The van der Waals surface area contributed by atoms with Crippen LogP contribution in [0, 0.1) is 11.8 Å². The highest BCUT2D eigenvalue weighted by Crippen LogP contribution is 2.26. The molecule has 0 radical (unpaired) electrons. The van der Waals surface area contributed by atoms with Crippen LogP contribution < -0.4 is 10.2 Å². The maximum absolute atomic E-state index is 4.76. The molecule has 3 nitrogen and oxygen atoms in total. The predicted octanol–water partition coefficient (Wildman–Crippen LogP) is 3.06. The van der Waals surface area contributed by atoms with Crippen LogP contribution in [0.2, 0.25) is 0 Å². The van der Waals surface area contributed by atoms with Gasteiger partial charge in [-0.1, -0.05) is 19.9 Å². The Kier molecular flexibility index (Phi) is 5.20. The van der Waals surface area contributed by atoms with Crippen LogP contribution >= 0.6 is 0 Å². The van der Waals surface area contributed by atoms with E-state index in [1.165, 1.54) is 19.3 Å². The van der Waals surface area contributed by atoms with Crippen molar-refractivity contribution in [3.8, 4) is 0 Å². The summed E-state index contributed by atoms with van der Waals surface area (Å²) in [5.74, 6) is 2.84. The van der Waals surface area contributed by atoms with Crippen LogP contribution in [0.15, 0.2) is 18.2 Å². The lowest BCUT2D eigenvalue weighted by Gasteiger charge is -2.23. The summed E-state index contributed by atoms with van der Waals surface area (Å²) in [5, 5.41) is 3.17. The van der Waals surface area contributed by atoms with Crippen LogP contribution in [-0.4, -0.2) is 25.1 Å². The lowest BCUT2D eigenvalue weighted by Crippen LogP contribution is -2.26. The topological polar surface area (TPSA) is 28.2 Å². The summed E-state index contributed by atoms with van der Waals surface area (Å²) in [6.07, 6.45) is 3.96. The van der Waals surface area contributed by atoms with Gasteiger partial charge in [0.2, 0.25) is 0 Å². The second kappa shape index (κ2) is 6.90. The summed E-state index contributed by atoms with van der Waals surface area (Å²) in [6.45, 7) is 7.85. The maximum Gasteiger partial charge on any atom is 0.128 e. The Bertz CT molecular complexity index is 389. The molecule has 0 aromatic carbocycles. The van der Waals surface area contributed by atoms with E-state index in [-0.39, 0.29) is 0 Å². The van der Waals surface area contributed by atoms with Crippen molar-refractivity contribution >= 4 is 5.82 Å². The largest absolute Gasteiger partial charge is 0.357 e. The third-order valence-electron chi connectivity index (χ3n) is 4.19. The van der Waals surface area contributed by atoms with Gasteiger partial charge in [-0.25, -0.2) is 4.98 Å². The second-order valence-corrected chi connectivity index (χ2v) is 5.94. The van der Waals surface area contributed by atoms with E-state index in [2.05, 4.69) is 42.3 Å². The lowest BCUT2D eigenvalue weighted by molar-refractivity contribution is 0.351. The van der Waals surface area contributed by atoms with Crippen LogP contribution in [0.1, 0.15) is 38.8 Å². The zero-order valence-electron chi connectivity index (χ0n) is 12.5. The molecule has 0 amide bonds. The van der Waals surface area contributed by atoms with E-state index in [0.29, 0.717) is 0 Å². The molecule has 1 N–H and O–H groups in total. The van der Waals surface area contributed by atoms with Crippen molar-refractivity contribution in [1.29, 1.82) is 0 Å². The van der Waals surface area contributed by atoms with Gasteiger partial charge in [0.1, 0.15) is 5.82 Å². The molecule has 0 bridgehead atoms. The monoisotopic (exact) mass is 261 g/mol. The minimum Gasteiger partial charge on any atom is -0.357 e. The van der Waals surface area contributed by atoms with Crippen LogP contribution in [0.5, 0.6) is 0 Å². The molecule has 1 unspecified atom stereocenters. The highest BCUT2D eigenvalue weighted by atomic mass is 15.2. The quantitative estimate of drug-likeness (QED) is 0.903. The molecule has 3 heteroatoms. The van der Waals surface area contributed by atoms with Crippen LogP contribution in [0.3, 0.4) is 0 Å². The van der Waals surface area contributed by atoms with E-state index in [0.717, 1.165) is 43.0 Å². The highest BCUT2D eigenvalue weighted by Gasteiger charge is 2.20. The molecule has 1 aliphatic heterocycles. The van der Waals surface area contributed by atoms with Gasteiger partial charge < -0.3 is 10.2 Å². The van der Waals surface area contributed by atoms with Gasteiger partial charge in [-0.2, -0.15) is 0 Å². The molecule has 2 rings (SSSR count). The van der Waals surface area contributed by atoms with Crippen molar-refractivity contribution in [2.45, 2.75) is 39.7 Å². The van der Waals surface area contributed by atoms with Gasteiger partial charge in [0.05, 0.1) is 5.69 Å². The highest BCUT2D eigenvalue weighted by molar-refractivity contribution is 5.39. The number of hydrogen-bond acceptors (Lipinski definition) is 3. The zero-order chi connectivity index (χ0) is 13.7. The van der Waals surface area contributed by atoms with Gasteiger partial charge in [-0.15, -0.1) is 0 Å². The fraction of sp³-hybridized carbons (Fsp3) is 0.688. The van der Waals surface area contributed by atoms with E-state index < -0.39 is 0 Å². The van der Waals surface area contributed by atoms with Crippen molar-refractivity contribution in [1.82, 2.24) is 10.3 Å². The predicted molar refractivity (Wildman–Crippen MR) is 81.4 cm³/mol. The molecule has 0 saturated carbocycles. The number of hydrogen-bond donors (Lipinski definition) is 1. The van der Waals surface area contributed by atoms with Crippen molar-refractivity contribution in [3.63, 3.8) is 0 Å². The van der Waals surface area contributed by atoms with Crippen molar-refractivity contribution in [2.75, 3.05) is 25.0 Å². The molecule has 2 heterocycles. The lowest BCUT2D eigenvalue weighted by atomic mass is 9.89. The van der Waals surface area contributed by atoms with E-state index in [1.54, 1.807) is 0 Å². The van der Waals surface area contributed by atoms with Crippen molar-refractivity contribution in [3.05, 3.63) is 23.9 Å². The van der Waals surface area contributed by atoms with Gasteiger partial charge in [0, 0.05) is 19.6 Å². The fourth-order valence-corrected chi connectivity index (χ4v) is 2.94. The number of nitrogens with zero attached hydrogens (tertiary/aromatic N) is 2. The molecule has 1 saturated heterocycles. The fourth-order valence-electron chi connectivity index (χ4n) is 2.94. The first kappa shape index (κ1) is 14.3. The summed E-state index contributed by atoms with van der Waals surface area (Å²) >= 11 is 0. The minimum atomic E-state index is 0.809. The minimum absolute atomic E-state index is 0.809. The Labute approximate surface area is 117 Å². The third kappa shape index (κ3) is 3.93. The maximum atomic E-state index is 4.76. The average Bonchev–Trinajstić information content (AvgIpc) is 2.65. The van der Waals surface area contributed by atoms with E-state index in [1.807, 2.05) is 7.05 Å². The SMILES string of the molecule is CNCc1cccc(N2CCCC(C(C)C)CC2)n1. The second-order valence-electron chi connectivity index (χ2n) is 5.94. The number of rotatable bonds is 4. The molecule has 19 heavy (non-hydrogen) atoms. The summed E-state index contributed by atoms with van der Waals surface area (Å²) in [7, 11) is 1.97.